The summed E-state index contributed by atoms with van der Waals surface area (Å²) in [6.07, 6.45) is 6.78. The van der Waals surface area contributed by atoms with Crippen molar-refractivity contribution in [3.05, 3.63) is 111 Å². The highest BCUT2D eigenvalue weighted by Gasteiger charge is 2.46. The number of nitrogens with one attached hydrogen (secondary N) is 1. The normalized spacial score (nSPS) is 24.1. The number of carbonyl (C=O) groups excluding carboxylic acids is 4. The highest BCUT2D eigenvalue weighted by molar-refractivity contribution is 6.30. The first kappa shape index (κ1) is 44.0. The van der Waals surface area contributed by atoms with Gasteiger partial charge in [-0.2, -0.15) is 5.26 Å². The van der Waals surface area contributed by atoms with Crippen LogP contribution in [-0.4, -0.2) is 119 Å². The second-order valence-electron chi connectivity index (χ2n) is 19.6. The lowest BCUT2D eigenvalue weighted by molar-refractivity contribution is -0.136. The zero-order valence-electron chi connectivity index (χ0n) is 37.6. The second kappa shape index (κ2) is 18.1. The van der Waals surface area contributed by atoms with Crippen molar-refractivity contribution in [3.8, 4) is 11.8 Å². The van der Waals surface area contributed by atoms with Crippen LogP contribution in [0.3, 0.4) is 0 Å². The molecule has 10 rings (SSSR count). The van der Waals surface area contributed by atoms with Crippen LogP contribution < -0.4 is 19.9 Å². The van der Waals surface area contributed by atoms with Crippen molar-refractivity contribution in [2.45, 2.75) is 76.5 Å². The third kappa shape index (κ3) is 8.76. The van der Waals surface area contributed by atoms with Gasteiger partial charge in [-0.1, -0.05) is 37.6 Å². The molecule has 342 valence electrons. The monoisotopic (exact) mass is 909 g/mol. The Kier molecular flexibility index (Phi) is 12.0. The first-order chi connectivity index (χ1) is 31.9. The SMILES string of the molecule is CC(C)(c1ccc(OCc2ccnc(N3CCN(C4CC5CN(CC6CCN(c7ccc8c(c7)C(=O)N(C7CCC(=O)NC7=O)C8=O)CC6)CC5C4)CC3)n2)cc1)c1cc(Cl)cc(C#N)c1. The summed E-state index contributed by atoms with van der Waals surface area (Å²) in [6, 6.07) is 22.8. The molecule has 4 saturated heterocycles. The maximum Gasteiger partial charge on any atom is 0.262 e. The van der Waals surface area contributed by atoms with Gasteiger partial charge in [-0.05, 0) is 116 Å². The fourth-order valence-corrected chi connectivity index (χ4v) is 11.7. The zero-order valence-corrected chi connectivity index (χ0v) is 38.4. The van der Waals surface area contributed by atoms with Crippen molar-refractivity contribution in [1.29, 1.82) is 5.26 Å². The number of fused-ring (bicyclic) bond motifs is 2. The fourth-order valence-electron chi connectivity index (χ4n) is 11.4. The molecule has 3 aromatic carbocycles. The van der Waals surface area contributed by atoms with Gasteiger partial charge in [0.25, 0.3) is 11.8 Å². The van der Waals surface area contributed by atoms with Gasteiger partial charge in [0.2, 0.25) is 17.8 Å². The first-order valence-electron chi connectivity index (χ1n) is 23.5. The number of piperidine rings is 2. The van der Waals surface area contributed by atoms with Crippen LogP contribution in [0.25, 0.3) is 0 Å². The quantitative estimate of drug-likeness (QED) is 0.174. The number of piperazine rings is 1. The van der Waals surface area contributed by atoms with Gasteiger partial charge in [-0.15, -0.1) is 0 Å². The number of ether oxygens (including phenoxy) is 1. The fraction of sp³-hybridized carbons (Fsp3) is 0.471. The maximum atomic E-state index is 13.4. The van der Waals surface area contributed by atoms with E-state index in [1.54, 1.807) is 12.1 Å². The Morgan fingerprint density at radius 1 is 0.818 bits per heavy atom. The predicted octanol–water partition coefficient (Wildman–Crippen LogP) is 6.06. The Morgan fingerprint density at radius 3 is 2.26 bits per heavy atom. The molecule has 15 heteroatoms. The lowest BCUT2D eigenvalue weighted by Gasteiger charge is -2.39. The Balaban J connectivity index is 0.652. The molecule has 5 fully saturated rings. The minimum absolute atomic E-state index is 0.105. The van der Waals surface area contributed by atoms with Crippen LogP contribution in [-0.2, 0) is 21.6 Å². The van der Waals surface area contributed by atoms with E-state index in [9.17, 15) is 24.4 Å². The molecule has 4 amide bonds. The number of nitrogens with zero attached hydrogens (tertiary/aromatic N) is 8. The number of nitriles is 1. The number of hydrogen-bond acceptors (Lipinski definition) is 12. The predicted molar refractivity (Wildman–Crippen MR) is 249 cm³/mol. The molecule has 1 N–H and O–H groups in total. The molecule has 0 radical (unpaired) electrons. The largest absolute Gasteiger partial charge is 0.487 e. The van der Waals surface area contributed by atoms with E-state index in [0.717, 1.165) is 110 Å². The minimum Gasteiger partial charge on any atom is -0.487 e. The summed E-state index contributed by atoms with van der Waals surface area (Å²) in [5, 5.41) is 12.3. The number of halogens is 1. The van der Waals surface area contributed by atoms with Gasteiger partial charge in [-0.3, -0.25) is 34.3 Å². The Morgan fingerprint density at radius 2 is 1.55 bits per heavy atom. The molecule has 1 saturated carbocycles. The summed E-state index contributed by atoms with van der Waals surface area (Å²) in [7, 11) is 0. The Labute approximate surface area is 390 Å². The van der Waals surface area contributed by atoms with E-state index in [0.29, 0.717) is 40.3 Å². The lowest BCUT2D eigenvalue weighted by atomic mass is 9.78. The molecule has 0 spiro atoms. The van der Waals surface area contributed by atoms with Crippen LogP contribution in [0.2, 0.25) is 5.02 Å². The molecule has 66 heavy (non-hydrogen) atoms. The molecule has 14 nitrogen and oxygen atoms in total. The maximum absolute atomic E-state index is 13.4. The molecule has 3 atom stereocenters. The van der Waals surface area contributed by atoms with Crippen LogP contribution >= 0.6 is 11.6 Å². The molecule has 6 aliphatic rings. The van der Waals surface area contributed by atoms with Crippen LogP contribution in [0, 0.1) is 29.1 Å². The second-order valence-corrected chi connectivity index (χ2v) is 20.1. The number of benzene rings is 3. The van der Waals surface area contributed by atoms with E-state index in [2.05, 4.69) is 61.9 Å². The summed E-state index contributed by atoms with van der Waals surface area (Å²) >= 11 is 6.32. The molecular weight excluding hydrogens is 854 g/mol. The van der Waals surface area contributed by atoms with Gasteiger partial charge in [0, 0.05) is 93.7 Å². The molecule has 0 bridgehead atoms. The lowest BCUT2D eigenvalue weighted by Crippen LogP contribution is -2.54. The molecule has 3 unspecified atom stereocenters. The van der Waals surface area contributed by atoms with Crippen molar-refractivity contribution in [1.82, 2.24) is 30.0 Å². The number of hydrogen-bond donors (Lipinski definition) is 1. The van der Waals surface area contributed by atoms with Gasteiger partial charge in [-0.25, -0.2) is 9.97 Å². The number of amides is 4. The Bertz CT molecular complexity index is 2570. The number of aromatic nitrogens is 2. The molecule has 1 aromatic heterocycles. The van der Waals surface area contributed by atoms with Gasteiger partial charge < -0.3 is 19.4 Å². The summed E-state index contributed by atoms with van der Waals surface area (Å²) in [6.45, 7) is 13.7. The first-order valence-corrected chi connectivity index (χ1v) is 23.9. The van der Waals surface area contributed by atoms with Crippen LogP contribution in [0.15, 0.2) is 72.9 Å². The van der Waals surface area contributed by atoms with E-state index in [4.69, 9.17) is 21.3 Å². The number of anilines is 2. The topological polar surface area (TPSA) is 155 Å². The molecule has 1 aliphatic carbocycles. The van der Waals surface area contributed by atoms with Crippen LogP contribution in [0.4, 0.5) is 11.6 Å². The smallest absolute Gasteiger partial charge is 0.262 e. The summed E-state index contributed by atoms with van der Waals surface area (Å²) in [5.41, 5.74) is 4.70. The van der Waals surface area contributed by atoms with Crippen LogP contribution in [0.5, 0.6) is 5.75 Å². The third-order valence-corrected chi connectivity index (χ3v) is 15.5. The highest BCUT2D eigenvalue weighted by Crippen LogP contribution is 2.42. The Hall–Kier alpha value is -5.88. The zero-order chi connectivity index (χ0) is 45.7. The van der Waals surface area contributed by atoms with E-state index in [1.165, 1.54) is 25.9 Å². The number of likely N-dealkylation sites (tertiary alicyclic amines) is 1. The van der Waals surface area contributed by atoms with Gasteiger partial charge >= 0.3 is 0 Å². The van der Waals surface area contributed by atoms with Crippen molar-refractivity contribution in [3.63, 3.8) is 0 Å². The standard InChI is InChI=1S/C51H56ClN9O5/c1-51(2,37-21-33(27-53)22-38(52)25-37)36-3-6-42(7-4-36)66-31-39-11-14-54-50(55-39)60-19-17-59(18-20-60)41-23-34-29-57(30-35(34)24-41)28-32-12-15-58(16-13-32)40-5-8-43-44(26-40)49(65)61(48(43)64)45-9-10-46(62)56-47(45)63/h3-8,11,14,21-22,25-26,32,34-35,41,45H,9-10,12-13,15-20,23-24,28-31H2,1-2H3,(H,56,62,63). The van der Waals surface area contributed by atoms with E-state index in [-0.39, 0.29) is 24.2 Å². The molecule has 4 aromatic rings. The van der Waals surface area contributed by atoms with E-state index >= 15 is 0 Å². The minimum atomic E-state index is -0.957. The molecule has 5 aliphatic heterocycles. The molecular formula is C51H56ClN9O5. The number of rotatable bonds is 11. The number of imide groups is 2. The summed E-state index contributed by atoms with van der Waals surface area (Å²) in [4.78, 5) is 71.3. The average Bonchev–Trinajstić information content (AvgIpc) is 3.98. The summed E-state index contributed by atoms with van der Waals surface area (Å²) < 4.78 is 6.17. The molecule has 6 heterocycles. The summed E-state index contributed by atoms with van der Waals surface area (Å²) in [5.74, 6) is 1.75. The van der Waals surface area contributed by atoms with E-state index < -0.39 is 23.8 Å². The highest BCUT2D eigenvalue weighted by atomic mass is 35.5. The number of carbonyl (C=O) groups is 4. The van der Waals surface area contributed by atoms with Gasteiger partial charge in [0.15, 0.2) is 0 Å². The van der Waals surface area contributed by atoms with Crippen molar-refractivity contribution >= 4 is 46.9 Å². The van der Waals surface area contributed by atoms with Crippen molar-refractivity contribution < 1.29 is 23.9 Å². The van der Waals surface area contributed by atoms with Crippen LogP contribution in [0.1, 0.15) is 95.5 Å². The van der Waals surface area contributed by atoms with Gasteiger partial charge in [0.05, 0.1) is 28.5 Å². The van der Waals surface area contributed by atoms with Crippen molar-refractivity contribution in [2.24, 2.45) is 17.8 Å². The van der Waals surface area contributed by atoms with Gasteiger partial charge in [0.1, 0.15) is 18.4 Å². The van der Waals surface area contributed by atoms with E-state index in [1.807, 2.05) is 48.7 Å². The van der Waals surface area contributed by atoms with Crippen molar-refractivity contribution in [2.75, 3.05) is 68.7 Å². The third-order valence-electron chi connectivity index (χ3n) is 15.2. The average molecular weight is 911 g/mol.